The summed E-state index contributed by atoms with van der Waals surface area (Å²) in [6.45, 7) is 8.02. The van der Waals surface area contributed by atoms with Gasteiger partial charge in [0.2, 0.25) is 5.91 Å². The molecule has 0 aliphatic carbocycles. The highest BCUT2D eigenvalue weighted by atomic mass is 35.5. The third-order valence-electron chi connectivity index (χ3n) is 5.01. The first-order valence-electron chi connectivity index (χ1n) is 9.95. The molecule has 0 aliphatic rings. The molecule has 1 atom stereocenters. The average Bonchev–Trinajstić information content (AvgIpc) is 2.72. The van der Waals surface area contributed by atoms with Gasteiger partial charge < -0.3 is 15.0 Å². The van der Waals surface area contributed by atoms with E-state index in [9.17, 15) is 9.59 Å². The second-order valence-corrected chi connectivity index (χ2v) is 7.99. The van der Waals surface area contributed by atoms with Crippen LogP contribution < -0.4 is 10.1 Å². The summed E-state index contributed by atoms with van der Waals surface area (Å²) in [5, 5.41) is 3.72. The number of nitrogens with zero attached hydrogens (tertiary/aromatic N) is 1. The van der Waals surface area contributed by atoms with Gasteiger partial charge >= 0.3 is 0 Å². The van der Waals surface area contributed by atoms with Crippen LogP contribution in [0, 0.1) is 13.8 Å². The van der Waals surface area contributed by atoms with Gasteiger partial charge in [0.25, 0.3) is 5.91 Å². The lowest BCUT2D eigenvalue weighted by Crippen LogP contribution is -2.49. The van der Waals surface area contributed by atoms with Gasteiger partial charge in [0.05, 0.1) is 0 Å². The van der Waals surface area contributed by atoms with E-state index in [4.69, 9.17) is 27.9 Å². The minimum absolute atomic E-state index is 0.105. The molecule has 0 saturated carbocycles. The Labute approximate surface area is 188 Å². The number of rotatable bonds is 9. The summed E-state index contributed by atoms with van der Waals surface area (Å²) in [4.78, 5) is 27.1. The van der Waals surface area contributed by atoms with E-state index in [-0.39, 0.29) is 25.0 Å². The predicted molar refractivity (Wildman–Crippen MR) is 121 cm³/mol. The molecule has 0 aromatic heterocycles. The van der Waals surface area contributed by atoms with Crippen molar-refractivity contribution in [2.75, 3.05) is 13.2 Å². The van der Waals surface area contributed by atoms with Gasteiger partial charge in [-0.2, -0.15) is 0 Å². The van der Waals surface area contributed by atoms with Crippen LogP contribution in [0.1, 0.15) is 37.0 Å². The number of nitrogens with one attached hydrogen (secondary N) is 1. The Kier molecular flexibility index (Phi) is 9.00. The van der Waals surface area contributed by atoms with Crippen LogP contribution in [0.3, 0.4) is 0 Å². The van der Waals surface area contributed by atoms with Crippen molar-refractivity contribution in [1.29, 1.82) is 0 Å². The number of carbonyl (C=O) groups is 2. The van der Waals surface area contributed by atoms with E-state index in [1.165, 1.54) is 4.90 Å². The number of ether oxygens (including phenoxy) is 1. The molecule has 2 amide bonds. The normalized spacial score (nSPS) is 11.7. The molecular formula is C23H28Cl2N2O3. The van der Waals surface area contributed by atoms with Gasteiger partial charge in [-0.15, -0.1) is 0 Å². The average molecular weight is 451 g/mol. The third-order valence-corrected chi connectivity index (χ3v) is 5.72. The fourth-order valence-electron chi connectivity index (χ4n) is 2.94. The van der Waals surface area contributed by atoms with Gasteiger partial charge in [-0.05, 0) is 56.5 Å². The maximum absolute atomic E-state index is 13.1. The molecule has 2 aromatic carbocycles. The van der Waals surface area contributed by atoms with Gasteiger partial charge in [0.1, 0.15) is 11.8 Å². The minimum Gasteiger partial charge on any atom is -0.483 e. The molecule has 30 heavy (non-hydrogen) atoms. The zero-order valence-corrected chi connectivity index (χ0v) is 19.3. The summed E-state index contributed by atoms with van der Waals surface area (Å²) in [5.74, 6) is 0.0771. The second kappa shape index (κ2) is 11.2. The molecular weight excluding hydrogens is 423 g/mol. The summed E-state index contributed by atoms with van der Waals surface area (Å²) in [6.07, 6.45) is 0.804. The Morgan fingerprint density at radius 2 is 1.73 bits per heavy atom. The number of carbonyl (C=O) groups excluding carboxylic acids is 2. The van der Waals surface area contributed by atoms with Crippen LogP contribution in [0.25, 0.3) is 0 Å². The predicted octanol–water partition coefficient (Wildman–Crippen LogP) is 4.93. The van der Waals surface area contributed by atoms with Gasteiger partial charge in [0, 0.05) is 28.7 Å². The van der Waals surface area contributed by atoms with Crippen molar-refractivity contribution in [2.24, 2.45) is 0 Å². The number of hydrogen-bond donors (Lipinski definition) is 1. The van der Waals surface area contributed by atoms with Crippen molar-refractivity contribution < 1.29 is 14.3 Å². The standard InChI is InChI=1S/C23H28Cl2N2O3/c1-5-12-26-23(29)17(4)27(13-18-19(24)9-7-10-20(18)25)22(28)14-30-21-11-6-8-15(2)16(21)3/h6-11,17H,5,12-14H2,1-4H3,(H,26,29)/t17-/m1/s1. The zero-order chi connectivity index (χ0) is 22.3. The fourth-order valence-corrected chi connectivity index (χ4v) is 3.45. The minimum atomic E-state index is -0.710. The van der Waals surface area contributed by atoms with Crippen LogP contribution in [0.5, 0.6) is 5.75 Å². The summed E-state index contributed by atoms with van der Waals surface area (Å²) >= 11 is 12.6. The summed E-state index contributed by atoms with van der Waals surface area (Å²) in [7, 11) is 0. The Bertz CT molecular complexity index is 882. The quantitative estimate of drug-likeness (QED) is 0.588. The van der Waals surface area contributed by atoms with E-state index in [0.717, 1.165) is 17.5 Å². The topological polar surface area (TPSA) is 58.6 Å². The molecule has 7 heteroatoms. The number of halogens is 2. The molecule has 0 bridgehead atoms. The number of aryl methyl sites for hydroxylation is 1. The van der Waals surface area contributed by atoms with Crippen molar-refractivity contribution in [3.8, 4) is 5.75 Å². The molecule has 0 unspecified atom stereocenters. The lowest BCUT2D eigenvalue weighted by Gasteiger charge is -2.29. The molecule has 2 rings (SSSR count). The van der Waals surface area contributed by atoms with Crippen molar-refractivity contribution in [3.63, 3.8) is 0 Å². The molecule has 0 spiro atoms. The summed E-state index contributed by atoms with van der Waals surface area (Å²) in [6, 6.07) is 10.1. The third kappa shape index (κ3) is 6.13. The van der Waals surface area contributed by atoms with Crippen LogP contribution in [0.15, 0.2) is 36.4 Å². The molecule has 0 aliphatic heterocycles. The van der Waals surface area contributed by atoms with Crippen LogP contribution in [0.2, 0.25) is 10.0 Å². The van der Waals surface area contributed by atoms with E-state index in [1.807, 2.05) is 39.0 Å². The number of amides is 2. The first-order valence-corrected chi connectivity index (χ1v) is 10.7. The van der Waals surface area contributed by atoms with Crippen LogP contribution in [-0.4, -0.2) is 35.9 Å². The number of hydrogen-bond acceptors (Lipinski definition) is 3. The molecule has 1 N–H and O–H groups in total. The van der Waals surface area contributed by atoms with E-state index >= 15 is 0 Å². The van der Waals surface area contributed by atoms with Crippen LogP contribution >= 0.6 is 23.2 Å². The Morgan fingerprint density at radius 1 is 1.10 bits per heavy atom. The Hall–Kier alpha value is -2.24. The largest absolute Gasteiger partial charge is 0.483 e. The van der Waals surface area contributed by atoms with E-state index < -0.39 is 6.04 Å². The molecule has 2 aromatic rings. The first kappa shape index (κ1) is 24.0. The van der Waals surface area contributed by atoms with E-state index in [1.54, 1.807) is 25.1 Å². The zero-order valence-electron chi connectivity index (χ0n) is 17.8. The van der Waals surface area contributed by atoms with Crippen LogP contribution in [-0.2, 0) is 16.1 Å². The smallest absolute Gasteiger partial charge is 0.261 e. The lowest BCUT2D eigenvalue weighted by atomic mass is 10.1. The van der Waals surface area contributed by atoms with Gasteiger partial charge in [-0.3, -0.25) is 9.59 Å². The SMILES string of the molecule is CCCNC(=O)[C@@H](C)N(Cc1c(Cl)cccc1Cl)C(=O)COc1cccc(C)c1C. The monoisotopic (exact) mass is 450 g/mol. The van der Waals surface area contributed by atoms with E-state index in [2.05, 4.69) is 5.32 Å². The summed E-state index contributed by atoms with van der Waals surface area (Å²) in [5.41, 5.74) is 2.64. The van der Waals surface area contributed by atoms with Gasteiger partial charge in [-0.25, -0.2) is 0 Å². The maximum Gasteiger partial charge on any atom is 0.261 e. The van der Waals surface area contributed by atoms with Gasteiger partial charge in [0.15, 0.2) is 6.61 Å². The van der Waals surface area contributed by atoms with Gasteiger partial charge in [-0.1, -0.05) is 48.3 Å². The van der Waals surface area contributed by atoms with Crippen molar-refractivity contribution >= 4 is 35.0 Å². The van der Waals surface area contributed by atoms with E-state index in [0.29, 0.717) is 27.9 Å². The van der Waals surface area contributed by atoms with Crippen molar-refractivity contribution in [2.45, 2.75) is 46.7 Å². The molecule has 0 fully saturated rings. The molecule has 0 radical (unpaired) electrons. The van der Waals surface area contributed by atoms with Crippen molar-refractivity contribution in [1.82, 2.24) is 10.2 Å². The second-order valence-electron chi connectivity index (χ2n) is 7.18. The lowest BCUT2D eigenvalue weighted by molar-refractivity contribution is -0.142. The molecule has 162 valence electrons. The highest BCUT2D eigenvalue weighted by Crippen LogP contribution is 2.27. The Balaban J connectivity index is 2.24. The highest BCUT2D eigenvalue weighted by Gasteiger charge is 2.27. The molecule has 5 nitrogen and oxygen atoms in total. The summed E-state index contributed by atoms with van der Waals surface area (Å²) < 4.78 is 5.78. The van der Waals surface area contributed by atoms with Crippen molar-refractivity contribution in [3.05, 3.63) is 63.1 Å². The number of benzene rings is 2. The molecule has 0 saturated heterocycles. The Morgan fingerprint density at radius 3 is 2.37 bits per heavy atom. The highest BCUT2D eigenvalue weighted by molar-refractivity contribution is 6.36. The van der Waals surface area contributed by atoms with Crippen LogP contribution in [0.4, 0.5) is 0 Å². The first-order chi connectivity index (χ1) is 14.3. The fraction of sp³-hybridized carbons (Fsp3) is 0.391. The molecule has 0 heterocycles. The maximum atomic E-state index is 13.1.